The van der Waals surface area contributed by atoms with Crippen molar-refractivity contribution in [3.8, 4) is 0 Å². The molecule has 3 atom stereocenters. The number of hydrogen-bond donors (Lipinski definition) is 2. The summed E-state index contributed by atoms with van der Waals surface area (Å²) in [6, 6.07) is 0.359. The molecule has 0 aliphatic carbocycles. The van der Waals surface area contributed by atoms with Crippen LogP contribution in [0.1, 0.15) is 29.0 Å². The van der Waals surface area contributed by atoms with Crippen LogP contribution in [0.25, 0.3) is 0 Å². The molecule has 14 heteroatoms. The molecule has 2 heterocycles. The van der Waals surface area contributed by atoms with Crippen molar-refractivity contribution in [2.24, 2.45) is 0 Å². The summed E-state index contributed by atoms with van der Waals surface area (Å²) in [5, 5.41) is 17.6. The van der Waals surface area contributed by atoms with Crippen molar-refractivity contribution in [3.05, 3.63) is 58.2 Å². The smallest absolute Gasteiger partial charge is 0.387 e. The van der Waals surface area contributed by atoms with Gasteiger partial charge < -0.3 is 10.2 Å². The van der Waals surface area contributed by atoms with Gasteiger partial charge in [-0.25, -0.2) is 31.0 Å². The minimum atomic E-state index is -5.64. The van der Waals surface area contributed by atoms with E-state index in [1.54, 1.807) is 0 Å². The van der Waals surface area contributed by atoms with E-state index in [0.717, 1.165) is 0 Å². The van der Waals surface area contributed by atoms with Crippen molar-refractivity contribution >= 4 is 9.84 Å². The molecule has 0 saturated heterocycles. The van der Waals surface area contributed by atoms with Gasteiger partial charge in [0, 0.05) is 5.56 Å². The van der Waals surface area contributed by atoms with E-state index in [2.05, 4.69) is 4.98 Å². The topological polar surface area (TPSA) is 87.5 Å². The number of benzene rings is 1. The van der Waals surface area contributed by atoms with Crippen LogP contribution in [0.2, 0.25) is 0 Å². The summed E-state index contributed by atoms with van der Waals surface area (Å²) in [7, 11) is -5.04. The van der Waals surface area contributed by atoms with Gasteiger partial charge in [-0.3, -0.25) is 0 Å². The first-order chi connectivity index (χ1) is 13.2. The summed E-state index contributed by atoms with van der Waals surface area (Å²) in [6.07, 6.45) is -11.2. The monoisotopic (exact) mass is 449 g/mol. The number of pyridine rings is 1. The van der Waals surface area contributed by atoms with Crippen LogP contribution < -0.4 is 0 Å². The lowest BCUT2D eigenvalue weighted by Gasteiger charge is -2.23. The first-order valence-corrected chi connectivity index (χ1v) is 8.94. The number of fused-ring (bicyclic) bond motifs is 1. The second-order valence-electron chi connectivity index (χ2n) is 5.99. The van der Waals surface area contributed by atoms with E-state index < -0.39 is 84.4 Å². The molecule has 0 fully saturated rings. The number of halogens is 8. The first-order valence-electron chi connectivity index (χ1n) is 7.40. The maximum Gasteiger partial charge on any atom is 0.436 e. The van der Waals surface area contributed by atoms with Gasteiger partial charge in [0.05, 0.1) is 10.5 Å². The highest BCUT2D eigenvalue weighted by Gasteiger charge is 2.52. The van der Waals surface area contributed by atoms with Crippen molar-refractivity contribution in [1.82, 2.24) is 4.98 Å². The van der Waals surface area contributed by atoms with E-state index in [1.807, 2.05) is 0 Å². The molecule has 1 aromatic heterocycles. The zero-order chi connectivity index (χ0) is 22.0. The highest BCUT2D eigenvalue weighted by Crippen LogP contribution is 2.46. The zero-order valence-electron chi connectivity index (χ0n) is 13.5. The van der Waals surface area contributed by atoms with Crippen LogP contribution in [-0.2, 0) is 16.0 Å². The van der Waals surface area contributed by atoms with Crippen molar-refractivity contribution in [2.45, 2.75) is 28.5 Å². The third kappa shape index (κ3) is 3.14. The van der Waals surface area contributed by atoms with Crippen LogP contribution in [0.3, 0.4) is 0 Å². The molecular weight excluding hydrogens is 442 g/mol. The van der Waals surface area contributed by atoms with Crippen LogP contribution in [-0.4, -0.2) is 28.9 Å². The summed E-state index contributed by atoms with van der Waals surface area (Å²) >= 11 is 0. The number of nitrogens with zero attached hydrogens (tertiary/aromatic N) is 1. The number of alkyl halides is 3. The van der Waals surface area contributed by atoms with Crippen LogP contribution >= 0.6 is 0 Å². The maximum absolute atomic E-state index is 14.2. The number of rotatable bonds is 2. The molecule has 0 spiro atoms. The molecule has 0 amide bonds. The van der Waals surface area contributed by atoms with E-state index in [0.29, 0.717) is 0 Å². The number of aliphatic hydroxyl groups is 2. The largest absolute Gasteiger partial charge is 0.436 e. The summed E-state index contributed by atoms with van der Waals surface area (Å²) < 4.78 is 132. The quantitative estimate of drug-likeness (QED) is 0.418. The third-order valence-electron chi connectivity index (χ3n) is 4.29. The predicted molar refractivity (Wildman–Crippen MR) is 76.4 cm³/mol. The lowest BCUT2D eigenvalue weighted by molar-refractivity contribution is -0.144. The Morgan fingerprint density at radius 2 is 1.55 bits per heavy atom. The molecule has 2 N–H and O–H groups in total. The van der Waals surface area contributed by atoms with Crippen molar-refractivity contribution in [3.63, 3.8) is 0 Å². The fourth-order valence-corrected chi connectivity index (χ4v) is 5.03. The number of aromatic nitrogens is 1. The highest BCUT2D eigenvalue weighted by atomic mass is 32.2. The first kappa shape index (κ1) is 21.4. The average Bonchev–Trinajstić information content (AvgIpc) is 2.76. The number of aliphatic hydroxyl groups excluding tert-OH is 2. The lowest BCUT2D eigenvalue weighted by Crippen LogP contribution is -2.31. The Morgan fingerprint density at radius 1 is 1.00 bits per heavy atom. The van der Waals surface area contributed by atoms with Gasteiger partial charge in [-0.2, -0.15) is 17.6 Å². The van der Waals surface area contributed by atoms with Crippen molar-refractivity contribution in [2.75, 3.05) is 0 Å². The van der Waals surface area contributed by atoms with Gasteiger partial charge in [-0.1, -0.05) is 0 Å². The zero-order valence-corrected chi connectivity index (χ0v) is 14.3. The van der Waals surface area contributed by atoms with Gasteiger partial charge >= 0.3 is 6.18 Å². The molecule has 0 bridgehead atoms. The van der Waals surface area contributed by atoms with Gasteiger partial charge in [-0.05, 0) is 12.1 Å². The van der Waals surface area contributed by atoms with Crippen LogP contribution in [0.5, 0.6) is 0 Å². The third-order valence-corrected chi connectivity index (χ3v) is 6.49. The number of hydrogen-bond acceptors (Lipinski definition) is 5. The molecule has 1 aromatic carbocycles. The van der Waals surface area contributed by atoms with Crippen molar-refractivity contribution in [1.29, 1.82) is 0 Å². The molecule has 29 heavy (non-hydrogen) atoms. The Balaban J connectivity index is 2.22. The van der Waals surface area contributed by atoms with Crippen molar-refractivity contribution < 1.29 is 53.8 Å². The Hall–Kier alpha value is -2.32. The standard InChI is InChI=1S/C15H7F8NO4S/c16-4-1-3-6(2-5(4)17)29(27,28)12(10(3)25)11(26)7-8(18)13(15(21,22)23)24-14(20)9(7)19/h1-2,10-12,25-26H. The average molecular weight is 449 g/mol. The van der Waals surface area contributed by atoms with Crippen LogP contribution in [0.4, 0.5) is 35.1 Å². The summed E-state index contributed by atoms with van der Waals surface area (Å²) in [4.78, 5) is 1.01. The Kier molecular flexibility index (Phi) is 4.87. The van der Waals surface area contributed by atoms with Gasteiger partial charge in [0.25, 0.3) is 0 Å². The second kappa shape index (κ2) is 6.60. The van der Waals surface area contributed by atoms with E-state index in [1.165, 1.54) is 0 Å². The Morgan fingerprint density at radius 3 is 2.10 bits per heavy atom. The Bertz CT molecular complexity index is 1120. The molecular formula is C15H7F8NO4S. The second-order valence-corrected chi connectivity index (χ2v) is 8.07. The molecule has 0 saturated carbocycles. The minimum absolute atomic E-state index is 0.122. The van der Waals surface area contributed by atoms with Crippen LogP contribution in [0.15, 0.2) is 17.0 Å². The normalized spacial score (nSPS) is 21.9. The molecule has 0 radical (unpaired) electrons. The Labute approximate surface area is 156 Å². The van der Waals surface area contributed by atoms with E-state index in [9.17, 15) is 53.8 Å². The van der Waals surface area contributed by atoms with Gasteiger partial charge in [-0.15, -0.1) is 0 Å². The summed E-state index contributed by atoms with van der Waals surface area (Å²) in [5.41, 5.74) is -5.45. The SMILES string of the molecule is O=S1(=O)c2cc(F)c(F)cc2C(O)C1C(O)c1c(F)c(F)nc(C(F)(F)F)c1F. The molecule has 3 unspecified atom stereocenters. The van der Waals surface area contributed by atoms with E-state index >= 15 is 0 Å². The molecule has 158 valence electrons. The van der Waals surface area contributed by atoms with Gasteiger partial charge in [0.15, 0.2) is 38.8 Å². The number of sulfone groups is 1. The molecule has 2 aromatic rings. The fraction of sp³-hybridized carbons (Fsp3) is 0.267. The van der Waals surface area contributed by atoms with Gasteiger partial charge in [0.2, 0.25) is 5.95 Å². The summed E-state index contributed by atoms with van der Waals surface area (Å²) in [5.74, 6) is -10.8. The maximum atomic E-state index is 14.2. The molecule has 1 aliphatic heterocycles. The molecule has 1 aliphatic rings. The minimum Gasteiger partial charge on any atom is -0.387 e. The lowest BCUT2D eigenvalue weighted by atomic mass is 9.97. The fourth-order valence-electron chi connectivity index (χ4n) is 3.00. The molecule has 3 rings (SSSR count). The summed E-state index contributed by atoms with van der Waals surface area (Å²) in [6.45, 7) is 0. The highest BCUT2D eigenvalue weighted by molar-refractivity contribution is 7.92. The molecule has 5 nitrogen and oxygen atoms in total. The van der Waals surface area contributed by atoms with Gasteiger partial charge in [0.1, 0.15) is 17.5 Å². The van der Waals surface area contributed by atoms with E-state index in [-0.39, 0.29) is 12.1 Å². The van der Waals surface area contributed by atoms with Crippen LogP contribution in [0, 0.1) is 29.2 Å². The predicted octanol–water partition coefficient (Wildman–Crippen LogP) is 2.72. The van der Waals surface area contributed by atoms with E-state index in [4.69, 9.17) is 0 Å².